The molecule has 0 aliphatic rings. The van der Waals surface area contributed by atoms with E-state index in [1.807, 2.05) is 50.5 Å². The van der Waals surface area contributed by atoms with E-state index in [2.05, 4.69) is 53.1 Å². The van der Waals surface area contributed by atoms with Crippen molar-refractivity contribution in [3.8, 4) is 0 Å². The molecular weight excluding hydrogens is 272 g/mol. The molecule has 0 spiro atoms. The summed E-state index contributed by atoms with van der Waals surface area (Å²) < 4.78 is 0. The lowest BCUT2D eigenvalue weighted by Crippen LogP contribution is -2.25. The maximum absolute atomic E-state index is 4.29. The van der Waals surface area contributed by atoms with Gasteiger partial charge in [-0.15, -0.1) is 0 Å². The summed E-state index contributed by atoms with van der Waals surface area (Å²) in [5.41, 5.74) is 4.05. The van der Waals surface area contributed by atoms with E-state index in [9.17, 15) is 0 Å². The standard InChI is InChI=1S/C18H24N4/c1-14(2)22(5)18-12-8-16(9-13-18)20-19-15-6-10-17(11-7-15)21(3)4/h6-14H,1-5H3. The summed E-state index contributed by atoms with van der Waals surface area (Å²) in [6, 6.07) is 16.6. The Morgan fingerprint density at radius 3 is 1.45 bits per heavy atom. The fourth-order valence-corrected chi connectivity index (χ4v) is 1.99. The van der Waals surface area contributed by atoms with Gasteiger partial charge in [0, 0.05) is 38.6 Å². The summed E-state index contributed by atoms with van der Waals surface area (Å²) in [5.74, 6) is 0. The Bertz CT molecular complexity index is 613. The number of hydrogen-bond acceptors (Lipinski definition) is 4. The van der Waals surface area contributed by atoms with Crippen LogP contribution in [0.4, 0.5) is 22.7 Å². The van der Waals surface area contributed by atoms with Crippen molar-refractivity contribution in [3.63, 3.8) is 0 Å². The molecule has 2 aromatic carbocycles. The molecule has 22 heavy (non-hydrogen) atoms. The monoisotopic (exact) mass is 296 g/mol. The van der Waals surface area contributed by atoms with Crippen LogP contribution in [-0.4, -0.2) is 27.2 Å². The van der Waals surface area contributed by atoms with Crippen LogP contribution in [0, 0.1) is 0 Å². The molecule has 0 aliphatic heterocycles. The molecular formula is C18H24N4. The van der Waals surface area contributed by atoms with Crippen LogP contribution in [0.25, 0.3) is 0 Å². The Labute approximate surface area is 133 Å². The van der Waals surface area contributed by atoms with Gasteiger partial charge in [-0.25, -0.2) is 0 Å². The van der Waals surface area contributed by atoms with Gasteiger partial charge in [0.2, 0.25) is 0 Å². The number of hydrogen-bond donors (Lipinski definition) is 0. The number of nitrogens with zero attached hydrogens (tertiary/aromatic N) is 4. The van der Waals surface area contributed by atoms with E-state index < -0.39 is 0 Å². The van der Waals surface area contributed by atoms with Gasteiger partial charge >= 0.3 is 0 Å². The predicted molar refractivity (Wildman–Crippen MR) is 94.9 cm³/mol. The first-order chi connectivity index (χ1) is 10.5. The molecule has 2 rings (SSSR count). The zero-order valence-electron chi connectivity index (χ0n) is 14.0. The van der Waals surface area contributed by atoms with Crippen LogP contribution in [0.3, 0.4) is 0 Å². The van der Waals surface area contributed by atoms with Gasteiger partial charge in [0.15, 0.2) is 0 Å². The second-order valence-corrected chi connectivity index (χ2v) is 5.83. The Morgan fingerprint density at radius 2 is 1.09 bits per heavy atom. The highest BCUT2D eigenvalue weighted by atomic mass is 15.1. The van der Waals surface area contributed by atoms with E-state index in [-0.39, 0.29) is 0 Å². The molecule has 0 saturated heterocycles. The zero-order chi connectivity index (χ0) is 16.1. The lowest BCUT2D eigenvalue weighted by molar-refractivity contribution is 0.755. The minimum atomic E-state index is 0.475. The topological polar surface area (TPSA) is 31.2 Å². The van der Waals surface area contributed by atoms with Crippen molar-refractivity contribution in [2.45, 2.75) is 19.9 Å². The summed E-state index contributed by atoms with van der Waals surface area (Å²) in [4.78, 5) is 4.28. The SMILES string of the molecule is CC(C)N(C)c1ccc(N=Nc2ccc(N(C)C)cc2)cc1. The summed E-state index contributed by atoms with van der Waals surface area (Å²) in [5, 5.41) is 8.57. The van der Waals surface area contributed by atoms with E-state index >= 15 is 0 Å². The lowest BCUT2D eigenvalue weighted by atomic mass is 10.2. The maximum Gasteiger partial charge on any atom is 0.0858 e. The molecule has 0 saturated carbocycles. The lowest BCUT2D eigenvalue weighted by Gasteiger charge is -2.23. The van der Waals surface area contributed by atoms with Crippen LogP contribution in [0.5, 0.6) is 0 Å². The third-order valence-electron chi connectivity index (χ3n) is 3.68. The van der Waals surface area contributed by atoms with Gasteiger partial charge in [0.25, 0.3) is 0 Å². The smallest absolute Gasteiger partial charge is 0.0858 e. The maximum atomic E-state index is 4.29. The van der Waals surface area contributed by atoms with Gasteiger partial charge < -0.3 is 9.80 Å². The third-order valence-corrected chi connectivity index (χ3v) is 3.68. The van der Waals surface area contributed by atoms with Gasteiger partial charge in [0.1, 0.15) is 0 Å². The van der Waals surface area contributed by atoms with E-state index in [0.717, 1.165) is 17.1 Å². The van der Waals surface area contributed by atoms with Crippen LogP contribution in [0.15, 0.2) is 58.8 Å². The highest BCUT2D eigenvalue weighted by Gasteiger charge is 2.04. The first-order valence-corrected chi connectivity index (χ1v) is 7.49. The van der Waals surface area contributed by atoms with Crippen LogP contribution in [0.1, 0.15) is 13.8 Å². The quantitative estimate of drug-likeness (QED) is 0.726. The van der Waals surface area contributed by atoms with Gasteiger partial charge in [-0.1, -0.05) is 0 Å². The molecule has 0 aromatic heterocycles. The Balaban J connectivity index is 2.07. The van der Waals surface area contributed by atoms with E-state index in [0.29, 0.717) is 6.04 Å². The van der Waals surface area contributed by atoms with Crippen LogP contribution >= 0.6 is 0 Å². The van der Waals surface area contributed by atoms with Crippen LogP contribution in [-0.2, 0) is 0 Å². The zero-order valence-corrected chi connectivity index (χ0v) is 14.0. The van der Waals surface area contributed by atoms with E-state index in [1.165, 1.54) is 5.69 Å². The molecule has 0 radical (unpaired) electrons. The largest absolute Gasteiger partial charge is 0.378 e. The molecule has 0 amide bonds. The highest BCUT2D eigenvalue weighted by Crippen LogP contribution is 2.23. The number of rotatable bonds is 5. The average Bonchev–Trinajstić information content (AvgIpc) is 2.53. The summed E-state index contributed by atoms with van der Waals surface area (Å²) >= 11 is 0. The Kier molecular flexibility index (Phi) is 5.15. The Morgan fingerprint density at radius 1 is 0.682 bits per heavy atom. The molecule has 0 bridgehead atoms. The fraction of sp³-hybridized carbons (Fsp3) is 0.333. The van der Waals surface area contributed by atoms with Crippen molar-refractivity contribution in [1.82, 2.24) is 0 Å². The van der Waals surface area contributed by atoms with Gasteiger partial charge in [-0.3, -0.25) is 0 Å². The van der Waals surface area contributed by atoms with Crippen LogP contribution in [0.2, 0.25) is 0 Å². The van der Waals surface area contributed by atoms with Crippen molar-refractivity contribution >= 4 is 22.7 Å². The number of azo groups is 1. The average molecular weight is 296 g/mol. The first-order valence-electron chi connectivity index (χ1n) is 7.49. The molecule has 4 nitrogen and oxygen atoms in total. The van der Waals surface area contributed by atoms with Gasteiger partial charge in [-0.2, -0.15) is 10.2 Å². The predicted octanol–water partition coefficient (Wildman–Crippen LogP) is 5.01. The van der Waals surface area contributed by atoms with Crippen molar-refractivity contribution in [2.75, 3.05) is 30.9 Å². The fourth-order valence-electron chi connectivity index (χ4n) is 1.99. The van der Waals surface area contributed by atoms with Crippen LogP contribution < -0.4 is 9.80 Å². The molecule has 4 heteroatoms. The second-order valence-electron chi connectivity index (χ2n) is 5.83. The van der Waals surface area contributed by atoms with E-state index in [4.69, 9.17) is 0 Å². The highest BCUT2D eigenvalue weighted by molar-refractivity contribution is 5.54. The number of anilines is 2. The van der Waals surface area contributed by atoms with Crippen molar-refractivity contribution < 1.29 is 0 Å². The van der Waals surface area contributed by atoms with Crippen molar-refractivity contribution in [1.29, 1.82) is 0 Å². The molecule has 0 heterocycles. The normalized spacial score (nSPS) is 11.2. The molecule has 116 valence electrons. The molecule has 0 N–H and O–H groups in total. The minimum Gasteiger partial charge on any atom is -0.378 e. The molecule has 0 atom stereocenters. The summed E-state index contributed by atoms with van der Waals surface area (Å²) in [6.45, 7) is 4.34. The molecule has 0 aliphatic carbocycles. The van der Waals surface area contributed by atoms with Crippen molar-refractivity contribution in [2.24, 2.45) is 10.2 Å². The third kappa shape index (κ3) is 4.07. The Hall–Kier alpha value is -2.36. The van der Waals surface area contributed by atoms with Crippen molar-refractivity contribution in [3.05, 3.63) is 48.5 Å². The van der Waals surface area contributed by atoms with Gasteiger partial charge in [-0.05, 0) is 62.4 Å². The minimum absolute atomic E-state index is 0.475. The molecule has 0 fully saturated rings. The second kappa shape index (κ2) is 7.07. The molecule has 2 aromatic rings. The summed E-state index contributed by atoms with van der Waals surface area (Å²) in [7, 11) is 6.13. The van der Waals surface area contributed by atoms with E-state index in [1.54, 1.807) is 0 Å². The van der Waals surface area contributed by atoms with Gasteiger partial charge in [0.05, 0.1) is 11.4 Å². The molecule has 0 unspecified atom stereocenters. The first kappa shape index (κ1) is 16.0. The number of benzene rings is 2. The summed E-state index contributed by atoms with van der Waals surface area (Å²) in [6.07, 6.45) is 0.